The summed E-state index contributed by atoms with van der Waals surface area (Å²) >= 11 is 1.37. The van der Waals surface area contributed by atoms with Crippen LogP contribution in [0.2, 0.25) is 0 Å². The molecular weight excluding hydrogens is 592 g/mol. The number of carboxylic acid groups (broad SMARTS) is 1. The predicted molar refractivity (Wildman–Crippen MR) is 173 cm³/mol. The number of anilines is 2. The number of carbonyl (C=O) groups excluding carboxylic acids is 3. The first kappa shape index (κ1) is 31.3. The van der Waals surface area contributed by atoms with Crippen LogP contribution in [-0.4, -0.2) is 67.0 Å². The van der Waals surface area contributed by atoms with Gasteiger partial charge >= 0.3 is 5.97 Å². The van der Waals surface area contributed by atoms with Gasteiger partial charge in [0, 0.05) is 47.7 Å². The topological polar surface area (TPSA) is 128 Å². The number of nitrogens with one attached hydrogen (secondary N) is 2. The normalized spacial score (nSPS) is 13.8. The summed E-state index contributed by atoms with van der Waals surface area (Å²) < 4.78 is 5.28. The molecule has 0 spiro atoms. The summed E-state index contributed by atoms with van der Waals surface area (Å²) in [5, 5.41) is 17.1. The highest BCUT2D eigenvalue weighted by atomic mass is 32.1. The van der Waals surface area contributed by atoms with Crippen LogP contribution >= 0.6 is 11.3 Å². The molecule has 232 valence electrons. The Labute approximate surface area is 265 Å². The first-order chi connectivity index (χ1) is 21.8. The third-order valence-electron chi connectivity index (χ3n) is 7.55. The third-order valence-corrected chi connectivity index (χ3v) is 8.54. The highest BCUT2D eigenvalue weighted by Gasteiger charge is 2.25. The quantitative estimate of drug-likeness (QED) is 0.218. The Hall–Kier alpha value is -5.16. The number of methoxy groups -OCH3 is 1. The number of benzene rings is 3. The molecule has 45 heavy (non-hydrogen) atoms. The molecule has 10 nitrogen and oxygen atoms in total. The molecule has 0 radical (unpaired) electrons. The molecule has 5 rings (SSSR count). The Morgan fingerprint density at radius 1 is 0.844 bits per heavy atom. The second-order valence-corrected chi connectivity index (χ2v) is 11.5. The lowest BCUT2D eigenvalue weighted by atomic mass is 10.1. The summed E-state index contributed by atoms with van der Waals surface area (Å²) in [4.78, 5) is 56.2. The Morgan fingerprint density at radius 3 is 2.36 bits per heavy atom. The monoisotopic (exact) mass is 626 g/mol. The maximum atomic E-state index is 13.4. The summed E-state index contributed by atoms with van der Waals surface area (Å²) in [5.41, 5.74) is 2.41. The van der Waals surface area contributed by atoms with Gasteiger partial charge < -0.3 is 30.3 Å². The predicted octanol–water partition coefficient (Wildman–Crippen LogP) is 5.31. The van der Waals surface area contributed by atoms with Crippen molar-refractivity contribution in [2.45, 2.75) is 18.9 Å². The lowest BCUT2D eigenvalue weighted by Crippen LogP contribution is -2.35. The van der Waals surface area contributed by atoms with E-state index in [4.69, 9.17) is 4.74 Å². The Bertz CT molecular complexity index is 1660. The standard InChI is InChI=1S/C34H34N4O6S/c1-44-26-11-5-10-24(20-26)32(41)35-27-21-25(33(42)36-28(22-31(39)40)30-12-6-19-45-30)13-14-29(27)37-15-7-16-38(18-17-37)34(43)23-8-3-2-4-9-23/h2-6,8-14,19-21,28H,7,15-18,22H2,1H3,(H,35,41)(H,36,42)(H,39,40). The number of amides is 3. The average Bonchev–Trinajstić information content (AvgIpc) is 3.49. The van der Waals surface area contributed by atoms with Crippen molar-refractivity contribution in [3.8, 4) is 5.75 Å². The van der Waals surface area contributed by atoms with Crippen molar-refractivity contribution >= 4 is 46.4 Å². The molecule has 1 atom stereocenters. The molecule has 1 aliphatic rings. The zero-order chi connectivity index (χ0) is 31.8. The van der Waals surface area contributed by atoms with Crippen LogP contribution in [0.25, 0.3) is 0 Å². The van der Waals surface area contributed by atoms with Crippen molar-refractivity contribution in [3.05, 3.63) is 112 Å². The van der Waals surface area contributed by atoms with E-state index < -0.39 is 17.9 Å². The van der Waals surface area contributed by atoms with Gasteiger partial charge in [-0.2, -0.15) is 0 Å². The van der Waals surface area contributed by atoms with Gasteiger partial charge in [0.15, 0.2) is 0 Å². The van der Waals surface area contributed by atoms with Crippen molar-refractivity contribution < 1.29 is 29.0 Å². The molecule has 3 amide bonds. The van der Waals surface area contributed by atoms with Gasteiger partial charge in [0.05, 0.1) is 30.9 Å². The van der Waals surface area contributed by atoms with Crippen LogP contribution in [0.3, 0.4) is 0 Å². The maximum absolute atomic E-state index is 13.4. The van der Waals surface area contributed by atoms with E-state index in [0.29, 0.717) is 60.9 Å². The van der Waals surface area contributed by atoms with Gasteiger partial charge in [-0.3, -0.25) is 19.2 Å². The molecule has 0 bridgehead atoms. The number of ether oxygens (including phenoxy) is 1. The van der Waals surface area contributed by atoms with Gasteiger partial charge in [0.25, 0.3) is 17.7 Å². The molecule has 1 unspecified atom stereocenters. The van der Waals surface area contributed by atoms with Crippen molar-refractivity contribution in [1.82, 2.24) is 10.2 Å². The first-order valence-corrected chi connectivity index (χ1v) is 15.4. The Kier molecular flexibility index (Phi) is 10.1. The molecule has 3 aromatic carbocycles. The van der Waals surface area contributed by atoms with E-state index in [0.717, 1.165) is 4.88 Å². The molecule has 11 heteroatoms. The van der Waals surface area contributed by atoms with Crippen molar-refractivity contribution in [2.75, 3.05) is 43.5 Å². The lowest BCUT2D eigenvalue weighted by Gasteiger charge is -2.27. The second-order valence-electron chi connectivity index (χ2n) is 10.6. The van der Waals surface area contributed by atoms with Crippen LogP contribution in [-0.2, 0) is 4.79 Å². The van der Waals surface area contributed by atoms with Gasteiger partial charge in [0.2, 0.25) is 0 Å². The number of carboxylic acids is 1. The van der Waals surface area contributed by atoms with Crippen LogP contribution in [0.15, 0.2) is 90.3 Å². The minimum atomic E-state index is -1.03. The molecule has 1 aliphatic heterocycles. The van der Waals surface area contributed by atoms with Crippen LogP contribution in [0, 0.1) is 0 Å². The van der Waals surface area contributed by atoms with Crippen LogP contribution in [0.4, 0.5) is 11.4 Å². The summed E-state index contributed by atoms with van der Waals surface area (Å²) in [6.45, 7) is 2.22. The van der Waals surface area contributed by atoms with E-state index in [2.05, 4.69) is 15.5 Å². The molecule has 2 heterocycles. The smallest absolute Gasteiger partial charge is 0.305 e. The van der Waals surface area contributed by atoms with Crippen LogP contribution in [0.1, 0.15) is 54.8 Å². The fraction of sp³-hybridized carbons (Fsp3) is 0.235. The average molecular weight is 627 g/mol. The number of nitrogens with zero attached hydrogens (tertiary/aromatic N) is 2. The zero-order valence-electron chi connectivity index (χ0n) is 24.8. The minimum absolute atomic E-state index is 0.0299. The summed E-state index contributed by atoms with van der Waals surface area (Å²) in [5.74, 6) is -1.38. The Morgan fingerprint density at radius 2 is 1.62 bits per heavy atom. The molecule has 0 aliphatic carbocycles. The highest BCUT2D eigenvalue weighted by Crippen LogP contribution is 2.30. The van der Waals surface area contributed by atoms with Crippen molar-refractivity contribution in [2.24, 2.45) is 0 Å². The van der Waals surface area contributed by atoms with Crippen LogP contribution < -0.4 is 20.3 Å². The SMILES string of the molecule is COc1cccc(C(=O)Nc2cc(C(=O)NC(CC(=O)O)c3cccs3)ccc2N2CCCN(C(=O)c3ccccc3)CC2)c1. The van der Waals surface area contributed by atoms with Gasteiger partial charge in [0.1, 0.15) is 5.75 Å². The molecular formula is C34H34N4O6S. The molecule has 4 aromatic rings. The largest absolute Gasteiger partial charge is 0.497 e. The molecule has 3 N–H and O–H groups in total. The van der Waals surface area contributed by atoms with Gasteiger partial charge in [-0.05, 0) is 66.4 Å². The van der Waals surface area contributed by atoms with E-state index in [-0.39, 0.29) is 23.8 Å². The van der Waals surface area contributed by atoms with Crippen molar-refractivity contribution in [1.29, 1.82) is 0 Å². The van der Waals surface area contributed by atoms with E-state index in [9.17, 15) is 24.3 Å². The first-order valence-electron chi connectivity index (χ1n) is 14.6. The zero-order valence-corrected chi connectivity index (χ0v) is 25.6. The van der Waals surface area contributed by atoms with Gasteiger partial charge in [-0.25, -0.2) is 0 Å². The third kappa shape index (κ3) is 7.87. The van der Waals surface area contributed by atoms with Crippen LogP contribution in [0.5, 0.6) is 5.75 Å². The van der Waals surface area contributed by atoms with E-state index in [1.54, 1.807) is 66.7 Å². The van der Waals surface area contributed by atoms with Gasteiger partial charge in [-0.1, -0.05) is 30.3 Å². The number of aliphatic carboxylic acids is 1. The maximum Gasteiger partial charge on any atom is 0.305 e. The number of rotatable bonds is 10. The summed E-state index contributed by atoms with van der Waals surface area (Å²) in [7, 11) is 1.52. The number of carbonyl (C=O) groups is 4. The van der Waals surface area contributed by atoms with E-state index >= 15 is 0 Å². The highest BCUT2D eigenvalue weighted by molar-refractivity contribution is 7.10. The summed E-state index contributed by atoms with van der Waals surface area (Å²) in [6.07, 6.45) is 0.442. The second kappa shape index (κ2) is 14.5. The number of hydrogen-bond donors (Lipinski definition) is 3. The fourth-order valence-electron chi connectivity index (χ4n) is 5.27. The van der Waals surface area contributed by atoms with Gasteiger partial charge in [-0.15, -0.1) is 11.3 Å². The molecule has 1 fully saturated rings. The summed E-state index contributed by atoms with van der Waals surface area (Å²) in [6, 6.07) is 23.9. The minimum Gasteiger partial charge on any atom is -0.497 e. The van der Waals surface area contributed by atoms with E-state index in [1.165, 1.54) is 18.4 Å². The molecule has 1 saturated heterocycles. The van der Waals surface area contributed by atoms with Crippen molar-refractivity contribution in [3.63, 3.8) is 0 Å². The lowest BCUT2D eigenvalue weighted by molar-refractivity contribution is -0.137. The van der Waals surface area contributed by atoms with E-state index in [1.807, 2.05) is 28.5 Å². The molecule has 0 saturated carbocycles. The molecule has 1 aromatic heterocycles. The number of thiophene rings is 1. The Balaban J connectivity index is 1.41. The number of hydrogen-bond acceptors (Lipinski definition) is 7. The fourth-order valence-corrected chi connectivity index (χ4v) is 6.04.